The van der Waals surface area contributed by atoms with Crippen molar-refractivity contribution in [2.24, 2.45) is 0 Å². The van der Waals surface area contributed by atoms with Crippen LogP contribution in [0.2, 0.25) is 0 Å². The summed E-state index contributed by atoms with van der Waals surface area (Å²) in [5, 5.41) is 5.90. The Bertz CT molecular complexity index is 722. The maximum absolute atomic E-state index is 4.22. The van der Waals surface area contributed by atoms with E-state index in [1.54, 1.807) is 0 Å². The Morgan fingerprint density at radius 2 is 1.80 bits per heavy atom. The summed E-state index contributed by atoms with van der Waals surface area (Å²) < 4.78 is 0. The lowest BCUT2D eigenvalue weighted by Gasteiger charge is -2.10. The van der Waals surface area contributed by atoms with Crippen LogP contribution < -0.4 is 5.32 Å². The van der Waals surface area contributed by atoms with E-state index in [0.29, 0.717) is 0 Å². The summed E-state index contributed by atoms with van der Waals surface area (Å²) >= 11 is 0. The van der Waals surface area contributed by atoms with Gasteiger partial charge in [-0.25, -0.2) is 0 Å². The Morgan fingerprint density at radius 3 is 2.60 bits per heavy atom. The first-order valence-electron chi connectivity index (χ1n) is 6.86. The number of aryl methyl sites for hydroxylation is 2. The predicted octanol–water partition coefficient (Wildman–Crippen LogP) is 4.46. The van der Waals surface area contributed by atoms with Gasteiger partial charge < -0.3 is 5.32 Å². The molecule has 0 radical (unpaired) electrons. The maximum atomic E-state index is 4.22. The van der Waals surface area contributed by atoms with E-state index < -0.39 is 0 Å². The van der Waals surface area contributed by atoms with Crippen LogP contribution in [0.25, 0.3) is 10.8 Å². The topological polar surface area (TPSA) is 24.9 Å². The predicted molar refractivity (Wildman–Crippen MR) is 85.0 cm³/mol. The molecule has 2 nitrogen and oxygen atoms in total. The molecule has 3 aromatic rings. The van der Waals surface area contributed by atoms with Gasteiger partial charge in [-0.3, -0.25) is 4.98 Å². The summed E-state index contributed by atoms with van der Waals surface area (Å²) in [5.41, 5.74) is 5.06. The van der Waals surface area contributed by atoms with Crippen LogP contribution in [0.3, 0.4) is 0 Å². The van der Waals surface area contributed by atoms with Gasteiger partial charge in [0.1, 0.15) is 0 Å². The Kier molecular flexibility index (Phi) is 3.38. The quantitative estimate of drug-likeness (QED) is 0.753. The van der Waals surface area contributed by atoms with Gasteiger partial charge in [-0.2, -0.15) is 0 Å². The van der Waals surface area contributed by atoms with E-state index in [0.717, 1.165) is 12.2 Å². The first-order valence-corrected chi connectivity index (χ1v) is 6.86. The van der Waals surface area contributed by atoms with Gasteiger partial charge in [0.15, 0.2) is 0 Å². The Morgan fingerprint density at radius 1 is 1.00 bits per heavy atom. The summed E-state index contributed by atoms with van der Waals surface area (Å²) in [6, 6.07) is 15.0. The van der Waals surface area contributed by atoms with Crippen molar-refractivity contribution in [2.45, 2.75) is 20.4 Å². The second kappa shape index (κ2) is 5.33. The number of anilines is 1. The Labute approximate surface area is 119 Å². The lowest BCUT2D eigenvalue weighted by atomic mass is 10.1. The minimum absolute atomic E-state index is 0.830. The fourth-order valence-electron chi connectivity index (χ4n) is 2.64. The van der Waals surface area contributed by atoms with Crippen LogP contribution in [0.4, 0.5) is 5.69 Å². The lowest BCUT2D eigenvalue weighted by Crippen LogP contribution is -2.00. The molecule has 0 atom stereocenters. The largest absolute Gasteiger partial charge is 0.380 e. The molecule has 20 heavy (non-hydrogen) atoms. The van der Waals surface area contributed by atoms with Crippen LogP contribution in [0.5, 0.6) is 0 Å². The van der Waals surface area contributed by atoms with E-state index in [9.17, 15) is 0 Å². The van der Waals surface area contributed by atoms with Crippen molar-refractivity contribution in [3.05, 3.63) is 71.5 Å². The number of fused-ring (bicyclic) bond motifs is 1. The average molecular weight is 262 g/mol. The summed E-state index contributed by atoms with van der Waals surface area (Å²) in [5.74, 6) is 0. The molecule has 0 aliphatic heterocycles. The minimum Gasteiger partial charge on any atom is -0.380 e. The van der Waals surface area contributed by atoms with Crippen molar-refractivity contribution in [3.63, 3.8) is 0 Å². The van der Waals surface area contributed by atoms with Gasteiger partial charge in [0, 0.05) is 30.0 Å². The average Bonchev–Trinajstić information content (AvgIpc) is 2.44. The molecule has 1 heterocycles. The normalized spacial score (nSPS) is 10.7. The number of rotatable bonds is 3. The molecule has 0 saturated carbocycles. The lowest BCUT2D eigenvalue weighted by molar-refractivity contribution is 1.13. The Balaban J connectivity index is 1.87. The molecule has 2 heteroatoms. The zero-order chi connectivity index (χ0) is 13.9. The van der Waals surface area contributed by atoms with E-state index in [-0.39, 0.29) is 0 Å². The van der Waals surface area contributed by atoms with Crippen LogP contribution in [0, 0.1) is 13.8 Å². The molecule has 0 unspecified atom stereocenters. The molecule has 0 amide bonds. The third kappa shape index (κ3) is 2.64. The van der Waals surface area contributed by atoms with Crippen LogP contribution >= 0.6 is 0 Å². The van der Waals surface area contributed by atoms with Crippen LogP contribution in [-0.4, -0.2) is 4.98 Å². The van der Waals surface area contributed by atoms with Gasteiger partial charge in [0.2, 0.25) is 0 Å². The molecule has 100 valence electrons. The van der Waals surface area contributed by atoms with Gasteiger partial charge in [-0.05, 0) is 36.9 Å². The summed E-state index contributed by atoms with van der Waals surface area (Å²) in [6.45, 7) is 5.10. The van der Waals surface area contributed by atoms with E-state index in [2.05, 4.69) is 60.5 Å². The first kappa shape index (κ1) is 12.7. The number of benzene rings is 2. The smallest absolute Gasteiger partial charge is 0.0438 e. The van der Waals surface area contributed by atoms with Crippen molar-refractivity contribution in [1.82, 2.24) is 4.98 Å². The summed E-state index contributed by atoms with van der Waals surface area (Å²) in [7, 11) is 0. The van der Waals surface area contributed by atoms with E-state index >= 15 is 0 Å². The minimum atomic E-state index is 0.830. The molecule has 3 rings (SSSR count). The highest BCUT2D eigenvalue weighted by Gasteiger charge is 2.01. The van der Waals surface area contributed by atoms with Gasteiger partial charge in [0.25, 0.3) is 0 Å². The van der Waals surface area contributed by atoms with Gasteiger partial charge >= 0.3 is 0 Å². The molecule has 0 saturated heterocycles. The Hall–Kier alpha value is -2.35. The van der Waals surface area contributed by atoms with Gasteiger partial charge in [0.05, 0.1) is 0 Å². The van der Waals surface area contributed by atoms with Gasteiger partial charge in [-0.15, -0.1) is 0 Å². The zero-order valence-electron chi connectivity index (χ0n) is 11.9. The van der Waals surface area contributed by atoms with Gasteiger partial charge in [-0.1, -0.05) is 41.5 Å². The van der Waals surface area contributed by atoms with E-state index in [1.807, 2.05) is 18.5 Å². The standard InChI is InChI=1S/C18H18N2/c1-13-8-14(2)10-15(9-13)11-20-18-5-3-4-16-6-7-19-12-17(16)18/h3-10,12,20H,11H2,1-2H3. The molecule has 0 aliphatic rings. The molecule has 0 fully saturated rings. The second-order valence-corrected chi connectivity index (χ2v) is 5.25. The first-order chi connectivity index (χ1) is 9.72. The molecule has 0 aliphatic carbocycles. The van der Waals surface area contributed by atoms with Crippen molar-refractivity contribution >= 4 is 16.5 Å². The van der Waals surface area contributed by atoms with Crippen LogP contribution in [-0.2, 0) is 6.54 Å². The highest BCUT2D eigenvalue weighted by atomic mass is 14.9. The highest BCUT2D eigenvalue weighted by molar-refractivity contribution is 5.93. The number of pyridine rings is 1. The zero-order valence-corrected chi connectivity index (χ0v) is 11.9. The van der Waals surface area contributed by atoms with E-state index in [1.165, 1.54) is 27.5 Å². The second-order valence-electron chi connectivity index (χ2n) is 5.25. The van der Waals surface area contributed by atoms with Crippen molar-refractivity contribution < 1.29 is 0 Å². The fourth-order valence-corrected chi connectivity index (χ4v) is 2.64. The van der Waals surface area contributed by atoms with Crippen LogP contribution in [0.15, 0.2) is 54.9 Å². The molecule has 0 spiro atoms. The molecule has 0 bridgehead atoms. The SMILES string of the molecule is Cc1cc(C)cc(CNc2cccc3ccncc23)c1. The summed E-state index contributed by atoms with van der Waals surface area (Å²) in [6.07, 6.45) is 3.75. The number of hydrogen-bond acceptors (Lipinski definition) is 2. The highest BCUT2D eigenvalue weighted by Crippen LogP contribution is 2.22. The molecular weight excluding hydrogens is 244 g/mol. The number of nitrogens with one attached hydrogen (secondary N) is 1. The third-order valence-electron chi connectivity index (χ3n) is 3.45. The third-order valence-corrected chi connectivity index (χ3v) is 3.45. The van der Waals surface area contributed by atoms with Crippen LogP contribution in [0.1, 0.15) is 16.7 Å². The molecule has 1 N–H and O–H groups in total. The summed E-state index contributed by atoms with van der Waals surface area (Å²) in [4.78, 5) is 4.22. The van der Waals surface area contributed by atoms with Crippen molar-refractivity contribution in [2.75, 3.05) is 5.32 Å². The maximum Gasteiger partial charge on any atom is 0.0438 e. The number of nitrogens with zero attached hydrogens (tertiary/aromatic N) is 1. The number of aromatic nitrogens is 1. The molecule has 2 aromatic carbocycles. The van der Waals surface area contributed by atoms with E-state index in [4.69, 9.17) is 0 Å². The van der Waals surface area contributed by atoms with Crippen molar-refractivity contribution in [1.29, 1.82) is 0 Å². The number of hydrogen-bond donors (Lipinski definition) is 1. The molecule has 1 aromatic heterocycles. The monoisotopic (exact) mass is 262 g/mol. The molecular formula is C18H18N2. The fraction of sp³-hybridized carbons (Fsp3) is 0.167. The van der Waals surface area contributed by atoms with Crippen molar-refractivity contribution in [3.8, 4) is 0 Å².